The zero-order valence-electron chi connectivity index (χ0n) is 15.8. The molecule has 0 N–H and O–H groups in total. The third kappa shape index (κ3) is 5.24. The topological polar surface area (TPSA) is 115 Å². The standard InChI is InChI=1S/C20H19NO6S3/c22-17(15-7-3-1-4-8-15)13-29(24,25)20(19-21-11-12-28-19)30(26,27)14-18(23)16-9-5-2-6-10-16/h1-10,20H,11-14H2. The lowest BCUT2D eigenvalue weighted by Gasteiger charge is -2.17. The van der Waals surface area contributed by atoms with Crippen LogP contribution in [0.4, 0.5) is 0 Å². The van der Waals surface area contributed by atoms with E-state index in [4.69, 9.17) is 0 Å². The molecule has 3 rings (SSSR count). The number of hydrogen-bond acceptors (Lipinski definition) is 8. The maximum atomic E-state index is 13.1. The zero-order chi connectivity index (χ0) is 21.8. The maximum Gasteiger partial charge on any atom is 0.210 e. The highest BCUT2D eigenvalue weighted by Gasteiger charge is 2.44. The summed E-state index contributed by atoms with van der Waals surface area (Å²) in [5, 5.41) is -0.0864. The van der Waals surface area contributed by atoms with Crippen LogP contribution >= 0.6 is 11.8 Å². The molecule has 0 aromatic heterocycles. The molecule has 0 atom stereocenters. The second kappa shape index (κ2) is 9.23. The Labute approximate surface area is 179 Å². The molecule has 1 heterocycles. The van der Waals surface area contributed by atoms with Gasteiger partial charge in [0.15, 0.2) is 31.2 Å². The summed E-state index contributed by atoms with van der Waals surface area (Å²) in [7, 11) is -8.96. The molecule has 0 unspecified atom stereocenters. The Morgan fingerprint density at radius 2 is 1.23 bits per heavy atom. The SMILES string of the molecule is O=C(CS(=O)(=O)C(C1=NCCS1)S(=O)(=O)CC(=O)c1ccccc1)c1ccccc1. The summed E-state index contributed by atoms with van der Waals surface area (Å²) in [5.74, 6) is -2.96. The van der Waals surface area contributed by atoms with E-state index in [9.17, 15) is 26.4 Å². The summed E-state index contributed by atoms with van der Waals surface area (Å²) in [6.07, 6.45) is 0. The Morgan fingerprint density at radius 1 is 0.800 bits per heavy atom. The highest BCUT2D eigenvalue weighted by molar-refractivity contribution is 8.20. The predicted octanol–water partition coefficient (Wildman–Crippen LogP) is 2.05. The third-order valence-electron chi connectivity index (χ3n) is 4.32. The van der Waals surface area contributed by atoms with E-state index in [0.29, 0.717) is 5.75 Å². The molecule has 0 saturated carbocycles. The largest absolute Gasteiger partial charge is 0.293 e. The molecule has 0 radical (unpaired) electrons. The number of thioether (sulfide) groups is 1. The van der Waals surface area contributed by atoms with E-state index in [1.54, 1.807) is 36.4 Å². The minimum absolute atomic E-state index is 0.0864. The van der Waals surface area contributed by atoms with E-state index in [1.165, 1.54) is 24.3 Å². The van der Waals surface area contributed by atoms with E-state index in [-0.39, 0.29) is 22.7 Å². The van der Waals surface area contributed by atoms with Crippen LogP contribution in [-0.2, 0) is 19.7 Å². The number of ketones is 2. The number of Topliss-reactive ketones (excluding diaryl/α,β-unsaturated/α-hetero) is 2. The molecule has 0 fully saturated rings. The van der Waals surface area contributed by atoms with Crippen LogP contribution in [0.3, 0.4) is 0 Å². The molecule has 0 amide bonds. The average molecular weight is 466 g/mol. The van der Waals surface area contributed by atoms with Gasteiger partial charge in [-0.15, -0.1) is 11.8 Å². The average Bonchev–Trinajstić information content (AvgIpc) is 3.21. The molecule has 2 aromatic carbocycles. The van der Waals surface area contributed by atoms with Crippen LogP contribution in [0.25, 0.3) is 0 Å². The van der Waals surface area contributed by atoms with Crippen molar-refractivity contribution in [3.8, 4) is 0 Å². The van der Waals surface area contributed by atoms with Crippen molar-refractivity contribution in [2.75, 3.05) is 23.8 Å². The summed E-state index contributed by atoms with van der Waals surface area (Å²) in [5.41, 5.74) is 0.331. The molecule has 0 saturated heterocycles. The summed E-state index contributed by atoms with van der Waals surface area (Å²) in [6, 6.07) is 15.5. The fourth-order valence-corrected chi connectivity index (χ4v) is 9.28. The number of nitrogens with zero attached hydrogens (tertiary/aromatic N) is 1. The summed E-state index contributed by atoms with van der Waals surface area (Å²) in [4.78, 5) is 29.0. The summed E-state index contributed by atoms with van der Waals surface area (Å²) in [6.45, 7) is 0.279. The van der Waals surface area contributed by atoms with Gasteiger partial charge in [0, 0.05) is 23.4 Å². The van der Waals surface area contributed by atoms with E-state index in [0.717, 1.165) is 11.8 Å². The van der Waals surface area contributed by atoms with Gasteiger partial charge in [-0.3, -0.25) is 14.6 Å². The number of rotatable bonds is 9. The number of aliphatic imine (C=N–C) groups is 1. The highest BCUT2D eigenvalue weighted by Crippen LogP contribution is 2.26. The Kier molecular flexibility index (Phi) is 6.89. The Morgan fingerprint density at radius 3 is 1.60 bits per heavy atom. The lowest BCUT2D eigenvalue weighted by molar-refractivity contribution is 0.101. The normalized spacial score (nSPS) is 14.5. The van der Waals surface area contributed by atoms with Gasteiger partial charge in [0.1, 0.15) is 16.5 Å². The van der Waals surface area contributed by atoms with Crippen molar-refractivity contribution < 1.29 is 26.4 Å². The van der Waals surface area contributed by atoms with Crippen molar-refractivity contribution in [3.63, 3.8) is 0 Å². The van der Waals surface area contributed by atoms with Crippen molar-refractivity contribution in [2.24, 2.45) is 4.99 Å². The van der Waals surface area contributed by atoms with E-state index in [1.807, 2.05) is 0 Å². The Balaban J connectivity index is 1.92. The second-order valence-corrected chi connectivity index (χ2v) is 12.2. The van der Waals surface area contributed by atoms with Crippen LogP contribution in [0.1, 0.15) is 20.7 Å². The first kappa shape index (κ1) is 22.4. The minimum atomic E-state index is -4.48. The van der Waals surface area contributed by atoms with Crippen LogP contribution in [0, 0.1) is 0 Å². The van der Waals surface area contributed by atoms with Crippen molar-refractivity contribution in [2.45, 2.75) is 4.58 Å². The monoisotopic (exact) mass is 465 g/mol. The molecule has 0 bridgehead atoms. The number of benzene rings is 2. The van der Waals surface area contributed by atoms with Crippen LogP contribution in [0.15, 0.2) is 65.7 Å². The van der Waals surface area contributed by atoms with E-state index < -0.39 is 47.3 Å². The van der Waals surface area contributed by atoms with Gasteiger partial charge in [-0.25, -0.2) is 16.8 Å². The van der Waals surface area contributed by atoms with Gasteiger partial charge >= 0.3 is 0 Å². The molecule has 1 aliphatic heterocycles. The number of carbonyl (C=O) groups is 2. The molecule has 30 heavy (non-hydrogen) atoms. The molecule has 0 aliphatic carbocycles. The smallest absolute Gasteiger partial charge is 0.210 e. The second-order valence-electron chi connectivity index (χ2n) is 6.59. The molecule has 0 spiro atoms. The Bertz CT molecular complexity index is 1090. The molecular formula is C20H19NO6S3. The van der Waals surface area contributed by atoms with Crippen molar-refractivity contribution in [1.82, 2.24) is 0 Å². The van der Waals surface area contributed by atoms with Crippen LogP contribution < -0.4 is 0 Å². The fraction of sp³-hybridized carbons (Fsp3) is 0.250. The Hall–Kier alpha value is -2.30. The first-order chi connectivity index (χ1) is 14.2. The molecular weight excluding hydrogens is 446 g/mol. The number of sulfone groups is 2. The molecule has 1 aliphatic rings. The van der Waals surface area contributed by atoms with Gasteiger partial charge in [-0.1, -0.05) is 60.7 Å². The lowest BCUT2D eigenvalue weighted by Crippen LogP contribution is -2.42. The minimum Gasteiger partial charge on any atom is -0.293 e. The van der Waals surface area contributed by atoms with Gasteiger partial charge in [-0.05, 0) is 0 Å². The van der Waals surface area contributed by atoms with E-state index >= 15 is 0 Å². The van der Waals surface area contributed by atoms with Crippen LogP contribution in [0.2, 0.25) is 0 Å². The maximum absolute atomic E-state index is 13.1. The van der Waals surface area contributed by atoms with Crippen molar-refractivity contribution >= 4 is 48.0 Å². The van der Waals surface area contributed by atoms with Gasteiger partial charge < -0.3 is 0 Å². The van der Waals surface area contributed by atoms with Crippen molar-refractivity contribution in [1.29, 1.82) is 0 Å². The third-order valence-corrected chi connectivity index (χ3v) is 10.5. The van der Waals surface area contributed by atoms with Gasteiger partial charge in [-0.2, -0.15) is 0 Å². The van der Waals surface area contributed by atoms with Gasteiger partial charge in [0.05, 0.1) is 0 Å². The first-order valence-corrected chi connectivity index (χ1v) is 13.4. The lowest BCUT2D eigenvalue weighted by atomic mass is 10.2. The predicted molar refractivity (Wildman–Crippen MR) is 118 cm³/mol. The van der Waals surface area contributed by atoms with E-state index in [2.05, 4.69) is 4.99 Å². The highest BCUT2D eigenvalue weighted by atomic mass is 32.3. The number of carbonyl (C=O) groups excluding carboxylic acids is 2. The van der Waals surface area contributed by atoms with Gasteiger partial charge in [0.2, 0.25) is 4.58 Å². The zero-order valence-corrected chi connectivity index (χ0v) is 18.3. The number of hydrogen-bond donors (Lipinski definition) is 0. The summed E-state index contributed by atoms with van der Waals surface area (Å²) >= 11 is 1.02. The quantitative estimate of drug-likeness (QED) is 0.521. The van der Waals surface area contributed by atoms with Gasteiger partial charge in [0.25, 0.3) is 0 Å². The molecule has 7 nitrogen and oxygen atoms in total. The fourth-order valence-electron chi connectivity index (χ4n) is 2.96. The van der Waals surface area contributed by atoms with Crippen molar-refractivity contribution in [3.05, 3.63) is 71.8 Å². The molecule has 158 valence electrons. The van der Waals surface area contributed by atoms with Crippen LogP contribution in [0.5, 0.6) is 0 Å². The summed E-state index contributed by atoms with van der Waals surface area (Å²) < 4.78 is 50.2. The first-order valence-electron chi connectivity index (χ1n) is 8.97. The molecule has 2 aromatic rings. The molecule has 10 heteroatoms. The van der Waals surface area contributed by atoms with Crippen LogP contribution in [-0.4, -0.2) is 61.8 Å².